The molecule has 0 aliphatic carbocycles. The zero-order valence-electron chi connectivity index (χ0n) is 34.5. The van der Waals surface area contributed by atoms with Crippen molar-refractivity contribution in [3.63, 3.8) is 0 Å². The summed E-state index contributed by atoms with van der Waals surface area (Å²) in [7, 11) is 0. The van der Waals surface area contributed by atoms with Crippen molar-refractivity contribution in [3.8, 4) is 28.5 Å². The Morgan fingerprint density at radius 3 is 1.91 bits per heavy atom. The summed E-state index contributed by atoms with van der Waals surface area (Å²) in [6.07, 6.45) is 0. The first kappa shape index (κ1) is 35.9. The van der Waals surface area contributed by atoms with Crippen LogP contribution in [-0.2, 0) is 0 Å². The molecule has 9 aromatic carbocycles. The molecule has 304 valence electrons. The summed E-state index contributed by atoms with van der Waals surface area (Å²) in [5.74, 6) is 1.56. The van der Waals surface area contributed by atoms with Gasteiger partial charge >= 0.3 is 0 Å². The number of benzene rings is 9. The molecule has 0 saturated carbocycles. The molecule has 0 bridgehead atoms. The van der Waals surface area contributed by atoms with Gasteiger partial charge < -0.3 is 13.4 Å². The number of rotatable bonds is 6. The Bertz CT molecular complexity index is 4110. The van der Waals surface area contributed by atoms with Gasteiger partial charge in [-0.15, -0.1) is 11.3 Å². The van der Waals surface area contributed by atoms with Gasteiger partial charge in [-0.1, -0.05) is 115 Å². The molecule has 7 nitrogen and oxygen atoms in total. The summed E-state index contributed by atoms with van der Waals surface area (Å²) in [4.78, 5) is 18.9. The monoisotopic (exact) mass is 851 g/mol. The molecule has 14 rings (SSSR count). The highest BCUT2D eigenvalue weighted by atomic mass is 32.1. The van der Waals surface area contributed by atoms with Gasteiger partial charge in [0.25, 0.3) is 0 Å². The maximum atomic E-state index is 6.56. The first-order valence-corrected chi connectivity index (χ1v) is 22.4. The van der Waals surface area contributed by atoms with Crippen molar-refractivity contribution in [1.29, 1.82) is 0 Å². The third-order valence-corrected chi connectivity index (χ3v) is 13.8. The van der Waals surface area contributed by atoms with Gasteiger partial charge in [-0.3, -0.25) is 4.90 Å². The predicted octanol–water partition coefficient (Wildman–Crippen LogP) is 15.9. The van der Waals surface area contributed by atoms with E-state index in [1.807, 2.05) is 42.5 Å². The number of hydrogen-bond acceptors (Lipinski definition) is 7. The van der Waals surface area contributed by atoms with E-state index in [0.717, 1.165) is 99.3 Å². The molecular weight excluding hydrogens is 819 g/mol. The quantitative estimate of drug-likeness (QED) is 0.166. The lowest BCUT2D eigenvalue weighted by atomic mass is 10.1. The molecule has 0 aliphatic heterocycles. The molecule has 0 saturated heterocycles. The van der Waals surface area contributed by atoms with Crippen LogP contribution in [0.2, 0.25) is 0 Å². The third-order valence-electron chi connectivity index (χ3n) is 12.7. The van der Waals surface area contributed by atoms with Crippen molar-refractivity contribution < 1.29 is 8.83 Å². The Labute approximate surface area is 374 Å². The predicted molar refractivity (Wildman–Crippen MR) is 267 cm³/mol. The Kier molecular flexibility index (Phi) is 7.72. The number of fused-ring (bicyclic) bond motifs is 12. The van der Waals surface area contributed by atoms with Gasteiger partial charge in [0.15, 0.2) is 11.6 Å². The largest absolute Gasteiger partial charge is 0.456 e. The topological polar surface area (TPSA) is 73.1 Å². The Hall–Kier alpha value is -8.59. The Balaban J connectivity index is 1.12. The van der Waals surface area contributed by atoms with Gasteiger partial charge in [-0.2, -0.15) is 9.97 Å². The van der Waals surface area contributed by atoms with E-state index in [4.69, 9.17) is 23.8 Å². The number of para-hydroxylation sites is 5. The van der Waals surface area contributed by atoms with Crippen LogP contribution in [0.3, 0.4) is 0 Å². The molecule has 5 heterocycles. The highest BCUT2D eigenvalue weighted by Gasteiger charge is 2.27. The van der Waals surface area contributed by atoms with Crippen LogP contribution in [0.5, 0.6) is 0 Å². The average molecular weight is 852 g/mol. The summed E-state index contributed by atoms with van der Waals surface area (Å²) >= 11 is 1.79. The highest BCUT2D eigenvalue weighted by molar-refractivity contribution is 7.26. The van der Waals surface area contributed by atoms with Crippen molar-refractivity contribution in [1.82, 2.24) is 19.5 Å². The van der Waals surface area contributed by atoms with E-state index >= 15 is 0 Å². The summed E-state index contributed by atoms with van der Waals surface area (Å²) in [6, 6.07) is 69.5. The molecule has 0 amide bonds. The van der Waals surface area contributed by atoms with E-state index in [-0.39, 0.29) is 0 Å². The van der Waals surface area contributed by atoms with Gasteiger partial charge in [0.05, 0.1) is 27.8 Å². The minimum atomic E-state index is 0.474. The van der Waals surface area contributed by atoms with E-state index in [1.54, 1.807) is 11.3 Å². The summed E-state index contributed by atoms with van der Waals surface area (Å²) < 4.78 is 17.6. The Morgan fingerprint density at radius 2 is 1.03 bits per heavy atom. The molecule has 14 aromatic rings. The lowest BCUT2D eigenvalue weighted by molar-refractivity contribution is 0.668. The zero-order valence-corrected chi connectivity index (χ0v) is 35.3. The van der Waals surface area contributed by atoms with Gasteiger partial charge in [0.2, 0.25) is 5.95 Å². The van der Waals surface area contributed by atoms with Gasteiger partial charge in [0.1, 0.15) is 22.3 Å². The molecular formula is C57H33N5O2S. The summed E-state index contributed by atoms with van der Waals surface area (Å²) in [5.41, 5.74) is 9.96. The lowest BCUT2D eigenvalue weighted by Crippen LogP contribution is -2.16. The van der Waals surface area contributed by atoms with Crippen molar-refractivity contribution in [2.45, 2.75) is 0 Å². The van der Waals surface area contributed by atoms with E-state index in [0.29, 0.717) is 17.6 Å². The molecule has 0 atom stereocenters. The number of hydrogen-bond donors (Lipinski definition) is 0. The van der Waals surface area contributed by atoms with Crippen molar-refractivity contribution >= 4 is 115 Å². The molecule has 65 heavy (non-hydrogen) atoms. The first-order valence-electron chi connectivity index (χ1n) is 21.6. The van der Waals surface area contributed by atoms with Crippen LogP contribution in [0.25, 0.3) is 114 Å². The second-order valence-electron chi connectivity index (χ2n) is 16.3. The highest BCUT2D eigenvalue weighted by Crippen LogP contribution is 2.48. The third kappa shape index (κ3) is 5.44. The maximum Gasteiger partial charge on any atom is 0.238 e. The van der Waals surface area contributed by atoms with Crippen LogP contribution in [0.15, 0.2) is 209 Å². The molecule has 5 aromatic heterocycles. The number of nitrogens with zero attached hydrogens (tertiary/aromatic N) is 5. The first-order chi connectivity index (χ1) is 32.2. The van der Waals surface area contributed by atoms with Crippen LogP contribution in [-0.4, -0.2) is 19.5 Å². The van der Waals surface area contributed by atoms with E-state index in [9.17, 15) is 0 Å². The van der Waals surface area contributed by atoms with E-state index < -0.39 is 0 Å². The Morgan fingerprint density at radius 1 is 0.415 bits per heavy atom. The SMILES string of the molecule is c1ccc(-n2c3ccccc3c3cccc(-c4nc(-c5ccc6oc7ccccc7c6c5)nc(N(c5cccc6oc7ccccc7c56)c5cccc6sc7ccccc7c56)n4)c32)cc1. The lowest BCUT2D eigenvalue weighted by Gasteiger charge is -2.26. The molecule has 0 radical (unpaired) electrons. The van der Waals surface area contributed by atoms with Crippen LogP contribution >= 0.6 is 11.3 Å². The molecule has 0 N–H and O–H groups in total. The second-order valence-corrected chi connectivity index (χ2v) is 17.4. The van der Waals surface area contributed by atoms with Crippen molar-refractivity contribution in [2.24, 2.45) is 0 Å². The number of furan rings is 2. The number of thiophene rings is 1. The molecule has 0 spiro atoms. The molecule has 0 unspecified atom stereocenters. The normalized spacial score (nSPS) is 12.0. The van der Waals surface area contributed by atoms with Gasteiger partial charge in [-0.25, -0.2) is 4.98 Å². The van der Waals surface area contributed by atoms with Gasteiger partial charge in [0, 0.05) is 63.9 Å². The summed E-state index contributed by atoms with van der Waals surface area (Å²) in [5, 5.41) is 8.56. The van der Waals surface area contributed by atoms with Gasteiger partial charge in [-0.05, 0) is 84.9 Å². The zero-order chi connectivity index (χ0) is 42.6. The fourth-order valence-electron chi connectivity index (χ4n) is 9.85. The fraction of sp³-hybridized carbons (Fsp3) is 0. The average Bonchev–Trinajstić information content (AvgIpc) is 4.13. The maximum absolute atomic E-state index is 6.56. The minimum Gasteiger partial charge on any atom is -0.456 e. The van der Waals surface area contributed by atoms with E-state index in [1.165, 1.54) is 14.8 Å². The minimum absolute atomic E-state index is 0.474. The summed E-state index contributed by atoms with van der Waals surface area (Å²) in [6.45, 7) is 0. The van der Waals surface area contributed by atoms with Crippen LogP contribution in [0.4, 0.5) is 17.3 Å². The number of anilines is 3. The molecule has 0 aliphatic rings. The second kappa shape index (κ2) is 14.0. The van der Waals surface area contributed by atoms with Crippen LogP contribution in [0.1, 0.15) is 0 Å². The van der Waals surface area contributed by atoms with E-state index in [2.05, 4.69) is 167 Å². The van der Waals surface area contributed by atoms with Crippen LogP contribution in [0, 0.1) is 0 Å². The van der Waals surface area contributed by atoms with Crippen LogP contribution < -0.4 is 4.90 Å². The fourth-order valence-corrected chi connectivity index (χ4v) is 11.0. The van der Waals surface area contributed by atoms with Crippen molar-refractivity contribution in [2.75, 3.05) is 4.90 Å². The van der Waals surface area contributed by atoms with Crippen molar-refractivity contribution in [3.05, 3.63) is 200 Å². The smallest absolute Gasteiger partial charge is 0.238 e. The standard InChI is InChI=1S/C57H33N5O2S/c1-2-15-35(16-3-1)61-43-23-8-4-17-36(43)38-21-12-22-41(54(38)61)56-58-55(34-31-32-48-42(33-34)37-18-5-9-26-46(37)63-48)59-57(60-56)62(44-24-13-28-49-52(44)39-19-6-10-27-47(39)64-49)45-25-14-30-51-53(45)40-20-7-11-29-50(40)65-51/h1-33H. The molecule has 8 heteroatoms. The number of aromatic nitrogens is 4. The molecule has 0 fully saturated rings.